The zero-order chi connectivity index (χ0) is 23.3. The predicted molar refractivity (Wildman–Crippen MR) is 133 cm³/mol. The van der Waals surface area contributed by atoms with Crippen molar-refractivity contribution < 1.29 is 9.53 Å². The molecule has 0 unspecified atom stereocenters. The zero-order valence-electron chi connectivity index (χ0n) is 19.3. The summed E-state index contributed by atoms with van der Waals surface area (Å²) in [5.74, 6) is 2.22. The van der Waals surface area contributed by atoms with Crippen LogP contribution < -0.4 is 9.80 Å². The smallest absolute Gasteiger partial charge is 0.233 e. The molecule has 1 aromatic carbocycles. The van der Waals surface area contributed by atoms with Crippen LogP contribution in [0.1, 0.15) is 5.56 Å². The van der Waals surface area contributed by atoms with Crippen LogP contribution in [-0.4, -0.2) is 88.8 Å². The molecule has 3 aromatic rings. The summed E-state index contributed by atoms with van der Waals surface area (Å²) in [5, 5.41) is 9.71. The van der Waals surface area contributed by atoms with Crippen molar-refractivity contribution in [2.45, 2.75) is 12.1 Å². The SMILES string of the molecule is Cc1cccc(-n2c(SCC(=O)N3CCN(c4ccccn4)CC3)nnc2N2CCOCC2)c1. The van der Waals surface area contributed by atoms with Gasteiger partial charge in [0.15, 0.2) is 5.16 Å². The number of benzene rings is 1. The summed E-state index contributed by atoms with van der Waals surface area (Å²) in [4.78, 5) is 23.8. The lowest BCUT2D eigenvalue weighted by Crippen LogP contribution is -2.49. The van der Waals surface area contributed by atoms with Gasteiger partial charge in [-0.05, 0) is 36.8 Å². The fourth-order valence-electron chi connectivity index (χ4n) is 4.26. The molecule has 178 valence electrons. The van der Waals surface area contributed by atoms with Crippen LogP contribution in [0, 0.1) is 6.92 Å². The molecular weight excluding hydrogens is 450 g/mol. The molecule has 2 saturated heterocycles. The van der Waals surface area contributed by atoms with Gasteiger partial charge in [-0.15, -0.1) is 10.2 Å². The highest BCUT2D eigenvalue weighted by molar-refractivity contribution is 7.99. The molecule has 2 aliphatic heterocycles. The molecule has 2 aromatic heterocycles. The van der Waals surface area contributed by atoms with Gasteiger partial charge in [-0.3, -0.25) is 9.36 Å². The van der Waals surface area contributed by atoms with E-state index in [1.54, 1.807) is 6.20 Å². The van der Waals surface area contributed by atoms with E-state index in [1.165, 1.54) is 11.8 Å². The van der Waals surface area contributed by atoms with Gasteiger partial charge in [0.1, 0.15) is 5.82 Å². The third kappa shape index (κ3) is 5.02. The van der Waals surface area contributed by atoms with Crippen LogP contribution in [0.25, 0.3) is 5.69 Å². The Morgan fingerprint density at radius 2 is 1.79 bits per heavy atom. The van der Waals surface area contributed by atoms with Gasteiger partial charge in [0.05, 0.1) is 24.7 Å². The van der Waals surface area contributed by atoms with Gasteiger partial charge in [-0.2, -0.15) is 0 Å². The first-order valence-electron chi connectivity index (χ1n) is 11.6. The third-order valence-corrected chi connectivity index (χ3v) is 7.01. The number of ether oxygens (including phenoxy) is 1. The number of thioether (sulfide) groups is 1. The number of anilines is 2. The topological polar surface area (TPSA) is 79.6 Å². The highest BCUT2D eigenvalue weighted by atomic mass is 32.2. The van der Waals surface area contributed by atoms with Crippen molar-refractivity contribution in [2.75, 3.05) is 68.0 Å². The Bertz CT molecular complexity index is 1110. The van der Waals surface area contributed by atoms with Crippen LogP contribution in [0.15, 0.2) is 53.8 Å². The number of rotatable bonds is 6. The van der Waals surface area contributed by atoms with Crippen LogP contribution in [0.2, 0.25) is 0 Å². The number of carbonyl (C=O) groups excluding carboxylic acids is 1. The first kappa shape index (κ1) is 22.7. The number of morpholine rings is 1. The molecule has 34 heavy (non-hydrogen) atoms. The van der Waals surface area contributed by atoms with E-state index in [1.807, 2.05) is 29.2 Å². The lowest BCUT2D eigenvalue weighted by atomic mass is 10.2. The van der Waals surface area contributed by atoms with E-state index >= 15 is 0 Å². The van der Waals surface area contributed by atoms with Crippen molar-refractivity contribution in [3.8, 4) is 5.69 Å². The summed E-state index contributed by atoms with van der Waals surface area (Å²) in [6.45, 7) is 7.92. The minimum Gasteiger partial charge on any atom is -0.378 e. The monoisotopic (exact) mass is 479 g/mol. The Morgan fingerprint density at radius 1 is 0.971 bits per heavy atom. The van der Waals surface area contributed by atoms with Gasteiger partial charge in [0, 0.05) is 45.5 Å². The highest BCUT2D eigenvalue weighted by Gasteiger charge is 2.25. The second-order valence-electron chi connectivity index (χ2n) is 8.40. The normalized spacial score (nSPS) is 16.7. The lowest BCUT2D eigenvalue weighted by Gasteiger charge is -2.35. The van der Waals surface area contributed by atoms with Crippen LogP contribution >= 0.6 is 11.8 Å². The molecule has 4 heterocycles. The molecule has 0 aliphatic carbocycles. The maximum atomic E-state index is 13.0. The maximum absolute atomic E-state index is 13.0. The second-order valence-corrected chi connectivity index (χ2v) is 9.34. The molecule has 0 N–H and O–H groups in total. The number of piperazine rings is 1. The molecule has 10 heteroatoms. The first-order chi connectivity index (χ1) is 16.7. The van der Waals surface area contributed by atoms with E-state index in [0.717, 1.165) is 54.4 Å². The fourth-order valence-corrected chi connectivity index (χ4v) is 5.11. The van der Waals surface area contributed by atoms with Crippen LogP contribution in [0.5, 0.6) is 0 Å². The van der Waals surface area contributed by atoms with Crippen molar-refractivity contribution in [1.82, 2.24) is 24.6 Å². The lowest BCUT2D eigenvalue weighted by molar-refractivity contribution is -0.128. The van der Waals surface area contributed by atoms with E-state index in [9.17, 15) is 4.79 Å². The summed E-state index contributed by atoms with van der Waals surface area (Å²) < 4.78 is 7.58. The molecule has 9 nitrogen and oxygen atoms in total. The van der Waals surface area contributed by atoms with Gasteiger partial charge >= 0.3 is 0 Å². The first-order valence-corrected chi connectivity index (χ1v) is 12.6. The number of hydrogen-bond donors (Lipinski definition) is 0. The molecular formula is C24H29N7O2S. The quantitative estimate of drug-likeness (QED) is 0.498. The third-order valence-electron chi connectivity index (χ3n) is 6.10. The van der Waals surface area contributed by atoms with Gasteiger partial charge in [-0.1, -0.05) is 30.0 Å². The minimum absolute atomic E-state index is 0.123. The number of aromatic nitrogens is 4. The number of aryl methyl sites for hydroxylation is 1. The molecule has 2 aliphatic rings. The number of amides is 1. The van der Waals surface area contributed by atoms with Gasteiger partial charge in [-0.25, -0.2) is 4.98 Å². The van der Waals surface area contributed by atoms with Gasteiger partial charge < -0.3 is 19.4 Å². The Balaban J connectivity index is 1.27. The van der Waals surface area contributed by atoms with Crippen LogP contribution in [-0.2, 0) is 9.53 Å². The average Bonchev–Trinajstić information content (AvgIpc) is 3.32. The van der Waals surface area contributed by atoms with Gasteiger partial charge in [0.25, 0.3) is 0 Å². The maximum Gasteiger partial charge on any atom is 0.233 e. The largest absolute Gasteiger partial charge is 0.378 e. The summed E-state index contributed by atoms with van der Waals surface area (Å²) in [7, 11) is 0. The molecule has 2 fully saturated rings. The number of nitrogens with zero attached hydrogens (tertiary/aromatic N) is 7. The minimum atomic E-state index is 0.123. The van der Waals surface area contributed by atoms with Gasteiger partial charge in [0.2, 0.25) is 11.9 Å². The molecule has 1 amide bonds. The summed E-state index contributed by atoms with van der Waals surface area (Å²) in [6, 6.07) is 14.2. The Hall–Kier alpha value is -3.11. The Kier molecular flexibility index (Phi) is 6.96. The summed E-state index contributed by atoms with van der Waals surface area (Å²) in [5.41, 5.74) is 2.17. The standard InChI is InChI=1S/C24H29N7O2S/c1-19-5-4-6-20(17-19)31-23(30-13-15-33-16-14-30)26-27-24(31)34-18-22(32)29-11-9-28(10-12-29)21-7-2-3-8-25-21/h2-8,17H,9-16,18H2,1H3. The number of pyridine rings is 1. The fraction of sp³-hybridized carbons (Fsp3) is 0.417. The van der Waals surface area contributed by atoms with E-state index in [0.29, 0.717) is 32.1 Å². The van der Waals surface area contributed by atoms with E-state index in [2.05, 4.69) is 54.7 Å². The van der Waals surface area contributed by atoms with Crippen molar-refractivity contribution in [3.63, 3.8) is 0 Å². The number of hydrogen-bond acceptors (Lipinski definition) is 8. The number of carbonyl (C=O) groups is 1. The van der Waals surface area contributed by atoms with Crippen molar-refractivity contribution in [1.29, 1.82) is 0 Å². The van der Waals surface area contributed by atoms with E-state index in [-0.39, 0.29) is 5.91 Å². The molecule has 0 bridgehead atoms. The molecule has 0 radical (unpaired) electrons. The molecule has 0 atom stereocenters. The van der Waals surface area contributed by atoms with E-state index < -0.39 is 0 Å². The second kappa shape index (κ2) is 10.4. The van der Waals surface area contributed by atoms with Crippen molar-refractivity contribution >= 4 is 29.4 Å². The van der Waals surface area contributed by atoms with E-state index in [4.69, 9.17) is 4.74 Å². The predicted octanol–water partition coefficient (Wildman–Crippen LogP) is 2.25. The summed E-state index contributed by atoms with van der Waals surface area (Å²) in [6.07, 6.45) is 1.80. The average molecular weight is 480 g/mol. The molecule has 5 rings (SSSR count). The van der Waals surface area contributed by atoms with Crippen molar-refractivity contribution in [2.24, 2.45) is 0 Å². The summed E-state index contributed by atoms with van der Waals surface area (Å²) >= 11 is 1.45. The molecule has 0 saturated carbocycles. The Morgan fingerprint density at radius 3 is 2.53 bits per heavy atom. The van der Waals surface area contributed by atoms with Crippen LogP contribution in [0.4, 0.5) is 11.8 Å². The Labute approximate surface area is 203 Å². The molecule has 0 spiro atoms. The highest BCUT2D eigenvalue weighted by Crippen LogP contribution is 2.28. The van der Waals surface area contributed by atoms with Crippen LogP contribution in [0.3, 0.4) is 0 Å². The zero-order valence-corrected chi connectivity index (χ0v) is 20.2. The van der Waals surface area contributed by atoms with Crippen molar-refractivity contribution in [3.05, 3.63) is 54.2 Å².